The van der Waals surface area contributed by atoms with E-state index in [0.717, 1.165) is 22.6 Å². The summed E-state index contributed by atoms with van der Waals surface area (Å²) in [4.78, 5) is 11.2. The zero-order valence-electron chi connectivity index (χ0n) is 10.4. The molecule has 2 aromatic rings. The van der Waals surface area contributed by atoms with Gasteiger partial charge in [-0.3, -0.25) is 4.68 Å². The molecule has 0 unspecified atom stereocenters. The molecule has 98 valence electrons. The van der Waals surface area contributed by atoms with Gasteiger partial charge in [0.2, 0.25) is 0 Å². The zero-order valence-corrected chi connectivity index (χ0v) is 11.2. The molecular formula is C13H11ClN2O3. The third-order valence-electron chi connectivity index (χ3n) is 3.20. The van der Waals surface area contributed by atoms with Gasteiger partial charge in [-0.15, -0.1) is 0 Å². The Morgan fingerprint density at radius 2 is 2.26 bits per heavy atom. The molecule has 1 aliphatic rings. The molecule has 6 heteroatoms. The Balaban J connectivity index is 2.33. The minimum atomic E-state index is -1.05. The van der Waals surface area contributed by atoms with Gasteiger partial charge in [0.15, 0.2) is 5.69 Å². The van der Waals surface area contributed by atoms with E-state index in [4.69, 9.17) is 21.4 Å². The molecule has 5 nitrogen and oxygen atoms in total. The SMILES string of the molecule is Cc1cc(Cl)cc2c1OCc1c(C(=O)O)nn(C)c1-2. The summed E-state index contributed by atoms with van der Waals surface area (Å²) >= 11 is 6.07. The van der Waals surface area contributed by atoms with Crippen LogP contribution in [0.5, 0.6) is 5.75 Å². The summed E-state index contributed by atoms with van der Waals surface area (Å²) in [5.41, 5.74) is 3.08. The summed E-state index contributed by atoms with van der Waals surface area (Å²) in [7, 11) is 1.72. The van der Waals surface area contributed by atoms with Crippen LogP contribution in [0.15, 0.2) is 12.1 Å². The molecule has 3 rings (SSSR count). The maximum atomic E-state index is 11.2. The molecule has 0 atom stereocenters. The van der Waals surface area contributed by atoms with Crippen molar-refractivity contribution in [3.63, 3.8) is 0 Å². The molecule has 1 aliphatic heterocycles. The zero-order chi connectivity index (χ0) is 13.7. The van der Waals surface area contributed by atoms with Crippen LogP contribution >= 0.6 is 11.6 Å². The number of aromatic carboxylic acids is 1. The first-order valence-electron chi connectivity index (χ1n) is 5.71. The molecule has 1 aromatic carbocycles. The van der Waals surface area contributed by atoms with Gasteiger partial charge < -0.3 is 9.84 Å². The Kier molecular flexibility index (Phi) is 2.53. The van der Waals surface area contributed by atoms with Crippen molar-refractivity contribution >= 4 is 17.6 Å². The molecular weight excluding hydrogens is 268 g/mol. The van der Waals surface area contributed by atoms with E-state index < -0.39 is 5.97 Å². The van der Waals surface area contributed by atoms with Crippen LogP contribution in [0.4, 0.5) is 0 Å². The lowest BCUT2D eigenvalue weighted by Gasteiger charge is -2.20. The number of aromatic nitrogens is 2. The van der Waals surface area contributed by atoms with Gasteiger partial charge in [-0.1, -0.05) is 11.6 Å². The van der Waals surface area contributed by atoms with E-state index in [0.29, 0.717) is 10.6 Å². The van der Waals surface area contributed by atoms with Gasteiger partial charge in [0.05, 0.1) is 11.3 Å². The summed E-state index contributed by atoms with van der Waals surface area (Å²) in [5.74, 6) is -0.320. The van der Waals surface area contributed by atoms with Crippen molar-refractivity contribution in [3.05, 3.63) is 34.0 Å². The van der Waals surface area contributed by atoms with E-state index in [-0.39, 0.29) is 12.3 Å². The molecule has 0 spiro atoms. The standard InChI is InChI=1S/C13H11ClN2O3/c1-6-3-7(14)4-8-11-9(5-19-12(6)8)10(13(17)18)15-16(11)2/h3-4H,5H2,1-2H3,(H,17,18). The van der Waals surface area contributed by atoms with Gasteiger partial charge in [-0.2, -0.15) is 5.10 Å². The molecule has 0 bridgehead atoms. The lowest BCUT2D eigenvalue weighted by molar-refractivity contribution is 0.0686. The summed E-state index contributed by atoms with van der Waals surface area (Å²) < 4.78 is 7.23. The van der Waals surface area contributed by atoms with Gasteiger partial charge in [-0.05, 0) is 24.6 Å². The van der Waals surface area contributed by atoms with Crippen LogP contribution in [0.2, 0.25) is 5.02 Å². The second-order valence-electron chi connectivity index (χ2n) is 4.49. The van der Waals surface area contributed by atoms with E-state index in [1.807, 2.05) is 13.0 Å². The predicted molar refractivity (Wildman–Crippen MR) is 69.7 cm³/mol. The van der Waals surface area contributed by atoms with Gasteiger partial charge in [-0.25, -0.2) is 4.79 Å². The second-order valence-corrected chi connectivity index (χ2v) is 4.93. The minimum Gasteiger partial charge on any atom is -0.488 e. The van der Waals surface area contributed by atoms with Crippen LogP contribution in [0.3, 0.4) is 0 Å². The minimum absolute atomic E-state index is 0.0285. The lowest BCUT2D eigenvalue weighted by Crippen LogP contribution is -2.10. The number of carboxylic acid groups (broad SMARTS) is 1. The van der Waals surface area contributed by atoms with E-state index in [9.17, 15) is 4.79 Å². The average molecular weight is 279 g/mol. The van der Waals surface area contributed by atoms with E-state index in [1.54, 1.807) is 17.8 Å². The maximum Gasteiger partial charge on any atom is 0.356 e. The number of nitrogens with zero attached hydrogens (tertiary/aromatic N) is 2. The van der Waals surface area contributed by atoms with Gasteiger partial charge in [0.25, 0.3) is 0 Å². The van der Waals surface area contributed by atoms with Crippen LogP contribution in [0.1, 0.15) is 21.6 Å². The first-order valence-corrected chi connectivity index (χ1v) is 6.09. The van der Waals surface area contributed by atoms with Crippen molar-refractivity contribution in [1.29, 1.82) is 0 Å². The van der Waals surface area contributed by atoms with E-state index in [2.05, 4.69) is 5.10 Å². The number of hydrogen-bond acceptors (Lipinski definition) is 3. The molecule has 0 fully saturated rings. The third kappa shape index (κ3) is 1.69. The topological polar surface area (TPSA) is 64.3 Å². The third-order valence-corrected chi connectivity index (χ3v) is 3.42. The number of ether oxygens (including phenoxy) is 1. The molecule has 1 N–H and O–H groups in total. The Hall–Kier alpha value is -2.01. The van der Waals surface area contributed by atoms with Gasteiger partial charge >= 0.3 is 5.97 Å². The number of fused-ring (bicyclic) bond motifs is 3. The quantitative estimate of drug-likeness (QED) is 0.871. The fourth-order valence-corrected chi connectivity index (χ4v) is 2.73. The highest BCUT2D eigenvalue weighted by Gasteiger charge is 2.29. The summed E-state index contributed by atoms with van der Waals surface area (Å²) in [6.45, 7) is 2.12. The van der Waals surface area contributed by atoms with Crippen molar-refractivity contribution in [2.75, 3.05) is 0 Å². The number of halogens is 1. The number of carboxylic acids is 1. The van der Waals surface area contributed by atoms with Crippen molar-refractivity contribution in [2.45, 2.75) is 13.5 Å². The van der Waals surface area contributed by atoms with Crippen LogP contribution < -0.4 is 4.74 Å². The van der Waals surface area contributed by atoms with Crippen LogP contribution in [0, 0.1) is 6.92 Å². The molecule has 1 aromatic heterocycles. The monoisotopic (exact) mass is 278 g/mol. The highest BCUT2D eigenvalue weighted by Crippen LogP contribution is 2.42. The number of carbonyl (C=O) groups is 1. The fraction of sp³-hybridized carbons (Fsp3) is 0.231. The van der Waals surface area contributed by atoms with Crippen molar-refractivity contribution < 1.29 is 14.6 Å². The van der Waals surface area contributed by atoms with E-state index in [1.165, 1.54) is 0 Å². The molecule has 0 amide bonds. The normalized spacial score (nSPS) is 12.6. The first-order chi connectivity index (χ1) is 8.99. The Morgan fingerprint density at radius 3 is 2.95 bits per heavy atom. The summed E-state index contributed by atoms with van der Waals surface area (Å²) in [6.07, 6.45) is 0. The smallest absolute Gasteiger partial charge is 0.356 e. The Morgan fingerprint density at radius 1 is 1.53 bits per heavy atom. The van der Waals surface area contributed by atoms with Crippen molar-refractivity contribution in [3.8, 4) is 17.0 Å². The summed E-state index contributed by atoms with van der Waals surface area (Å²) in [6, 6.07) is 3.59. The maximum absolute atomic E-state index is 11.2. The van der Waals surface area contributed by atoms with Crippen molar-refractivity contribution in [1.82, 2.24) is 9.78 Å². The van der Waals surface area contributed by atoms with Crippen LogP contribution in [-0.2, 0) is 13.7 Å². The molecule has 2 heterocycles. The second kappa shape index (κ2) is 3.99. The summed E-state index contributed by atoms with van der Waals surface area (Å²) in [5, 5.41) is 13.8. The molecule has 19 heavy (non-hydrogen) atoms. The molecule has 0 aliphatic carbocycles. The van der Waals surface area contributed by atoms with Gasteiger partial charge in [0, 0.05) is 17.6 Å². The number of aryl methyl sites for hydroxylation is 2. The largest absolute Gasteiger partial charge is 0.488 e. The molecule has 0 saturated heterocycles. The first kappa shape index (κ1) is 12.0. The van der Waals surface area contributed by atoms with Crippen molar-refractivity contribution in [2.24, 2.45) is 7.05 Å². The number of benzene rings is 1. The number of hydrogen-bond donors (Lipinski definition) is 1. The van der Waals surface area contributed by atoms with Crippen LogP contribution in [-0.4, -0.2) is 20.9 Å². The fourth-order valence-electron chi connectivity index (χ4n) is 2.45. The molecule has 0 radical (unpaired) electrons. The lowest BCUT2D eigenvalue weighted by atomic mass is 10.00. The predicted octanol–water partition coefficient (Wildman–Crippen LogP) is 2.64. The van der Waals surface area contributed by atoms with Crippen LogP contribution in [0.25, 0.3) is 11.3 Å². The van der Waals surface area contributed by atoms with Gasteiger partial charge in [0.1, 0.15) is 12.4 Å². The number of rotatable bonds is 1. The highest BCUT2D eigenvalue weighted by molar-refractivity contribution is 6.31. The van der Waals surface area contributed by atoms with E-state index >= 15 is 0 Å². The highest BCUT2D eigenvalue weighted by atomic mass is 35.5. The molecule has 0 saturated carbocycles. The average Bonchev–Trinajstić information content (AvgIpc) is 2.67. The Labute approximate surface area is 114 Å². The Bertz CT molecular complexity index is 706.